The van der Waals surface area contributed by atoms with E-state index >= 15 is 0 Å². The summed E-state index contributed by atoms with van der Waals surface area (Å²) in [7, 11) is 1.89. The van der Waals surface area contributed by atoms with Gasteiger partial charge in [0.25, 0.3) is 0 Å². The standard InChI is InChI=1S/C11H16BrN3/c1-13-11-9(12)7-14-10(15-11)8-5-3-2-4-6-8/h7-8H,2-6H2,1H3,(H,13,14,15). The molecule has 3 nitrogen and oxygen atoms in total. The fourth-order valence-corrected chi connectivity index (χ4v) is 2.50. The normalized spacial score (nSPS) is 17.7. The number of nitrogens with zero attached hydrogens (tertiary/aromatic N) is 2. The van der Waals surface area contributed by atoms with Gasteiger partial charge in [-0.3, -0.25) is 0 Å². The van der Waals surface area contributed by atoms with Gasteiger partial charge in [-0.1, -0.05) is 19.3 Å². The third kappa shape index (κ3) is 2.48. The van der Waals surface area contributed by atoms with Crippen molar-refractivity contribution < 1.29 is 0 Å². The number of rotatable bonds is 2. The fourth-order valence-electron chi connectivity index (χ4n) is 2.11. The lowest BCUT2D eigenvalue weighted by Gasteiger charge is -2.20. The van der Waals surface area contributed by atoms with E-state index in [4.69, 9.17) is 0 Å². The average Bonchev–Trinajstić information content (AvgIpc) is 2.31. The van der Waals surface area contributed by atoms with Crippen LogP contribution in [0.25, 0.3) is 0 Å². The summed E-state index contributed by atoms with van der Waals surface area (Å²) in [6.07, 6.45) is 8.34. The van der Waals surface area contributed by atoms with Crippen LogP contribution in [0, 0.1) is 0 Å². The van der Waals surface area contributed by atoms with Crippen LogP contribution in [0.1, 0.15) is 43.8 Å². The van der Waals surface area contributed by atoms with Gasteiger partial charge in [-0.2, -0.15) is 0 Å². The predicted octanol–water partition coefficient (Wildman–Crippen LogP) is 3.33. The lowest BCUT2D eigenvalue weighted by molar-refractivity contribution is 0.429. The third-order valence-electron chi connectivity index (χ3n) is 2.97. The highest BCUT2D eigenvalue weighted by Gasteiger charge is 2.18. The smallest absolute Gasteiger partial charge is 0.143 e. The summed E-state index contributed by atoms with van der Waals surface area (Å²) in [5.74, 6) is 2.46. The molecule has 2 rings (SSSR count). The van der Waals surface area contributed by atoms with Gasteiger partial charge >= 0.3 is 0 Å². The Hall–Kier alpha value is -0.640. The Labute approximate surface area is 98.8 Å². The van der Waals surface area contributed by atoms with E-state index in [2.05, 4.69) is 31.2 Å². The van der Waals surface area contributed by atoms with Crippen LogP contribution in [0.2, 0.25) is 0 Å². The predicted molar refractivity (Wildman–Crippen MR) is 65.1 cm³/mol. The van der Waals surface area contributed by atoms with Gasteiger partial charge in [0.05, 0.1) is 4.47 Å². The molecule has 15 heavy (non-hydrogen) atoms. The highest BCUT2D eigenvalue weighted by molar-refractivity contribution is 9.10. The molecule has 0 unspecified atom stereocenters. The van der Waals surface area contributed by atoms with Gasteiger partial charge in [-0.25, -0.2) is 9.97 Å². The summed E-state index contributed by atoms with van der Waals surface area (Å²) in [5, 5.41) is 3.08. The Balaban J connectivity index is 2.20. The number of hydrogen-bond acceptors (Lipinski definition) is 3. The number of anilines is 1. The van der Waals surface area contributed by atoms with Crippen molar-refractivity contribution in [2.45, 2.75) is 38.0 Å². The van der Waals surface area contributed by atoms with Crippen molar-refractivity contribution in [1.82, 2.24) is 9.97 Å². The van der Waals surface area contributed by atoms with E-state index in [1.54, 1.807) is 0 Å². The zero-order valence-corrected chi connectivity index (χ0v) is 10.5. The summed E-state index contributed by atoms with van der Waals surface area (Å²) >= 11 is 3.43. The molecule has 0 aromatic carbocycles. The Bertz CT molecular complexity index is 335. The highest BCUT2D eigenvalue weighted by atomic mass is 79.9. The highest BCUT2D eigenvalue weighted by Crippen LogP contribution is 2.31. The van der Waals surface area contributed by atoms with Crippen LogP contribution < -0.4 is 5.32 Å². The van der Waals surface area contributed by atoms with E-state index in [9.17, 15) is 0 Å². The van der Waals surface area contributed by atoms with Crippen LogP contribution in [-0.2, 0) is 0 Å². The molecule has 1 heterocycles. The van der Waals surface area contributed by atoms with Gasteiger partial charge in [0.15, 0.2) is 0 Å². The molecular weight excluding hydrogens is 254 g/mol. The summed E-state index contributed by atoms with van der Waals surface area (Å²) in [6.45, 7) is 0. The Morgan fingerprint density at radius 3 is 2.73 bits per heavy atom. The lowest BCUT2D eigenvalue weighted by atomic mass is 9.89. The maximum absolute atomic E-state index is 4.55. The van der Waals surface area contributed by atoms with Gasteiger partial charge < -0.3 is 5.32 Å². The van der Waals surface area contributed by atoms with Crippen molar-refractivity contribution in [2.75, 3.05) is 12.4 Å². The summed E-state index contributed by atoms with van der Waals surface area (Å²) < 4.78 is 0.935. The van der Waals surface area contributed by atoms with Crippen LogP contribution in [0.3, 0.4) is 0 Å². The van der Waals surface area contributed by atoms with Gasteiger partial charge in [-0.05, 0) is 28.8 Å². The molecule has 0 amide bonds. The van der Waals surface area contributed by atoms with Crippen LogP contribution >= 0.6 is 15.9 Å². The Morgan fingerprint density at radius 2 is 2.07 bits per heavy atom. The van der Waals surface area contributed by atoms with E-state index in [-0.39, 0.29) is 0 Å². The van der Waals surface area contributed by atoms with E-state index < -0.39 is 0 Å². The third-order valence-corrected chi connectivity index (χ3v) is 3.55. The van der Waals surface area contributed by atoms with Crippen LogP contribution in [0.4, 0.5) is 5.82 Å². The molecule has 0 radical (unpaired) electrons. The summed E-state index contributed by atoms with van der Waals surface area (Å²) in [6, 6.07) is 0. The molecule has 0 spiro atoms. The van der Waals surface area contributed by atoms with Crippen molar-refractivity contribution >= 4 is 21.7 Å². The van der Waals surface area contributed by atoms with E-state index in [1.807, 2.05) is 13.2 Å². The first kappa shape index (κ1) is 10.9. The van der Waals surface area contributed by atoms with Gasteiger partial charge in [0.2, 0.25) is 0 Å². The Kier molecular flexibility index (Phi) is 3.57. The average molecular weight is 270 g/mol. The molecular formula is C11H16BrN3. The second-order valence-corrected chi connectivity index (χ2v) is 4.86. The maximum atomic E-state index is 4.55. The minimum Gasteiger partial charge on any atom is -0.372 e. The lowest BCUT2D eigenvalue weighted by Crippen LogP contribution is -2.10. The molecule has 1 aliphatic rings. The van der Waals surface area contributed by atoms with Crippen molar-refractivity contribution in [2.24, 2.45) is 0 Å². The van der Waals surface area contributed by atoms with Crippen molar-refractivity contribution in [3.8, 4) is 0 Å². The molecule has 1 aliphatic carbocycles. The SMILES string of the molecule is CNc1nc(C2CCCCC2)ncc1Br. The molecule has 0 aliphatic heterocycles. The second kappa shape index (κ2) is 4.92. The van der Waals surface area contributed by atoms with Gasteiger partial charge in [0, 0.05) is 19.2 Å². The van der Waals surface area contributed by atoms with E-state index in [1.165, 1.54) is 32.1 Å². The molecule has 0 saturated heterocycles. The molecule has 1 fully saturated rings. The van der Waals surface area contributed by atoms with Crippen LogP contribution in [-0.4, -0.2) is 17.0 Å². The maximum Gasteiger partial charge on any atom is 0.143 e. The number of halogens is 1. The van der Waals surface area contributed by atoms with Gasteiger partial charge in [0.1, 0.15) is 11.6 Å². The minimum absolute atomic E-state index is 0.568. The topological polar surface area (TPSA) is 37.8 Å². The van der Waals surface area contributed by atoms with E-state index in [0.29, 0.717) is 5.92 Å². The van der Waals surface area contributed by atoms with E-state index in [0.717, 1.165) is 16.1 Å². The summed E-state index contributed by atoms with van der Waals surface area (Å²) in [5.41, 5.74) is 0. The number of nitrogens with one attached hydrogen (secondary N) is 1. The monoisotopic (exact) mass is 269 g/mol. The molecule has 1 saturated carbocycles. The minimum atomic E-state index is 0.568. The van der Waals surface area contributed by atoms with Crippen LogP contribution in [0.5, 0.6) is 0 Å². The number of hydrogen-bond donors (Lipinski definition) is 1. The molecule has 82 valence electrons. The number of aromatic nitrogens is 2. The Morgan fingerprint density at radius 1 is 1.33 bits per heavy atom. The summed E-state index contributed by atoms with van der Waals surface area (Å²) in [4.78, 5) is 8.96. The molecule has 1 aromatic rings. The fraction of sp³-hybridized carbons (Fsp3) is 0.636. The van der Waals surface area contributed by atoms with Crippen LogP contribution in [0.15, 0.2) is 10.7 Å². The first-order valence-electron chi connectivity index (χ1n) is 5.51. The molecule has 0 atom stereocenters. The molecule has 4 heteroatoms. The molecule has 1 aromatic heterocycles. The first-order chi connectivity index (χ1) is 7.31. The van der Waals surface area contributed by atoms with Crippen molar-refractivity contribution in [1.29, 1.82) is 0 Å². The largest absolute Gasteiger partial charge is 0.372 e. The first-order valence-corrected chi connectivity index (χ1v) is 6.30. The quantitative estimate of drug-likeness (QED) is 0.895. The zero-order chi connectivity index (χ0) is 10.7. The molecule has 0 bridgehead atoms. The molecule has 1 N–H and O–H groups in total. The van der Waals surface area contributed by atoms with Crippen molar-refractivity contribution in [3.63, 3.8) is 0 Å². The zero-order valence-electron chi connectivity index (χ0n) is 8.96. The van der Waals surface area contributed by atoms with Gasteiger partial charge in [-0.15, -0.1) is 0 Å². The second-order valence-electron chi connectivity index (χ2n) is 4.01. The van der Waals surface area contributed by atoms with Crippen molar-refractivity contribution in [3.05, 3.63) is 16.5 Å².